The van der Waals surface area contributed by atoms with Gasteiger partial charge in [0.2, 0.25) is 5.88 Å². The Hall–Kier alpha value is -2.17. The van der Waals surface area contributed by atoms with E-state index < -0.39 is 0 Å². The van der Waals surface area contributed by atoms with Gasteiger partial charge in [0.05, 0.1) is 0 Å². The summed E-state index contributed by atoms with van der Waals surface area (Å²) in [6, 6.07) is 7.62. The smallest absolute Gasteiger partial charge is 0.224 e. The van der Waals surface area contributed by atoms with Crippen LogP contribution in [-0.2, 0) is 0 Å². The summed E-state index contributed by atoms with van der Waals surface area (Å²) in [5.41, 5.74) is 0. The van der Waals surface area contributed by atoms with Gasteiger partial charge in [0.15, 0.2) is 0 Å². The summed E-state index contributed by atoms with van der Waals surface area (Å²) >= 11 is 0. The monoisotopic (exact) mass is 289 g/mol. The molecule has 0 aliphatic rings. The molecule has 0 spiro atoms. The molecule has 0 aliphatic heterocycles. The number of hydrogen-bond donors (Lipinski definition) is 1. The minimum Gasteiger partial charge on any atom is -0.439 e. The number of nitrogens with zero attached hydrogens (tertiary/aromatic N) is 2. The highest BCUT2D eigenvalue weighted by atomic mass is 19.1. The summed E-state index contributed by atoms with van der Waals surface area (Å²) in [6.45, 7) is 6.99. The van der Waals surface area contributed by atoms with E-state index in [1.807, 2.05) is 13.8 Å². The molecule has 0 atom stereocenters. The Bertz CT molecular complexity index is 585. The Balaban J connectivity index is 2.24. The Labute approximate surface area is 124 Å². The standard InChI is InChI=1S/C16H20FN3O/c1-4-9-18-14-10-15(20-16(19-14)11(2)3)21-13-7-5-12(17)6-8-13/h5-8,10-11H,4,9H2,1-3H3,(H,18,19,20). The molecule has 0 fully saturated rings. The maximum Gasteiger partial charge on any atom is 0.224 e. The van der Waals surface area contributed by atoms with Gasteiger partial charge in [0.1, 0.15) is 23.2 Å². The zero-order valence-electron chi connectivity index (χ0n) is 12.6. The molecule has 0 radical (unpaired) electrons. The van der Waals surface area contributed by atoms with Crippen molar-refractivity contribution in [3.63, 3.8) is 0 Å². The van der Waals surface area contributed by atoms with Crippen LogP contribution in [0, 0.1) is 5.82 Å². The van der Waals surface area contributed by atoms with Crippen molar-refractivity contribution in [2.45, 2.75) is 33.1 Å². The molecule has 0 saturated heterocycles. The molecule has 1 heterocycles. The van der Waals surface area contributed by atoms with Gasteiger partial charge in [-0.05, 0) is 30.7 Å². The van der Waals surface area contributed by atoms with E-state index in [4.69, 9.17) is 4.74 Å². The zero-order chi connectivity index (χ0) is 15.2. The van der Waals surface area contributed by atoms with E-state index in [1.165, 1.54) is 12.1 Å². The number of ether oxygens (including phenoxy) is 1. The van der Waals surface area contributed by atoms with E-state index in [-0.39, 0.29) is 11.7 Å². The lowest BCUT2D eigenvalue weighted by Crippen LogP contribution is -2.07. The molecule has 112 valence electrons. The van der Waals surface area contributed by atoms with Crippen molar-refractivity contribution < 1.29 is 9.13 Å². The van der Waals surface area contributed by atoms with Gasteiger partial charge in [-0.2, -0.15) is 4.98 Å². The minimum absolute atomic E-state index is 0.198. The van der Waals surface area contributed by atoms with Crippen LogP contribution in [0.15, 0.2) is 30.3 Å². The maximum absolute atomic E-state index is 12.9. The van der Waals surface area contributed by atoms with Crippen LogP contribution in [0.1, 0.15) is 38.9 Å². The normalized spacial score (nSPS) is 10.7. The van der Waals surface area contributed by atoms with Gasteiger partial charge >= 0.3 is 0 Å². The van der Waals surface area contributed by atoms with Gasteiger partial charge in [-0.3, -0.25) is 0 Å². The first-order valence-corrected chi connectivity index (χ1v) is 7.14. The van der Waals surface area contributed by atoms with E-state index in [2.05, 4.69) is 22.2 Å². The van der Waals surface area contributed by atoms with Gasteiger partial charge in [-0.25, -0.2) is 9.37 Å². The lowest BCUT2D eigenvalue weighted by atomic mass is 10.2. The molecule has 0 unspecified atom stereocenters. The SMILES string of the molecule is CCCNc1cc(Oc2ccc(F)cc2)nc(C(C)C)n1. The molecular weight excluding hydrogens is 269 g/mol. The number of halogens is 1. The Morgan fingerprint density at radius 3 is 2.52 bits per heavy atom. The first-order chi connectivity index (χ1) is 10.1. The van der Waals surface area contributed by atoms with Crippen molar-refractivity contribution in [1.82, 2.24) is 9.97 Å². The van der Waals surface area contributed by atoms with Gasteiger partial charge < -0.3 is 10.1 Å². The maximum atomic E-state index is 12.9. The molecule has 0 amide bonds. The number of anilines is 1. The van der Waals surface area contributed by atoms with Gasteiger partial charge in [-0.15, -0.1) is 0 Å². The van der Waals surface area contributed by atoms with Crippen LogP contribution in [0.3, 0.4) is 0 Å². The molecule has 1 N–H and O–H groups in total. The van der Waals surface area contributed by atoms with Crippen molar-refractivity contribution >= 4 is 5.82 Å². The predicted molar refractivity (Wildman–Crippen MR) is 81.4 cm³/mol. The average Bonchev–Trinajstić information content (AvgIpc) is 2.47. The summed E-state index contributed by atoms with van der Waals surface area (Å²) < 4.78 is 18.6. The second-order valence-electron chi connectivity index (χ2n) is 5.09. The molecule has 4 nitrogen and oxygen atoms in total. The summed E-state index contributed by atoms with van der Waals surface area (Å²) in [5.74, 6) is 2.37. The van der Waals surface area contributed by atoms with Crippen LogP contribution >= 0.6 is 0 Å². The Morgan fingerprint density at radius 1 is 1.19 bits per heavy atom. The van der Waals surface area contributed by atoms with Gasteiger partial charge in [0.25, 0.3) is 0 Å². The van der Waals surface area contributed by atoms with Crippen molar-refractivity contribution in [2.75, 3.05) is 11.9 Å². The Kier molecular flexibility index (Phi) is 5.09. The fourth-order valence-electron chi connectivity index (χ4n) is 1.72. The summed E-state index contributed by atoms with van der Waals surface area (Å²) in [5, 5.41) is 3.23. The van der Waals surface area contributed by atoms with Crippen LogP contribution < -0.4 is 10.1 Å². The second kappa shape index (κ2) is 7.02. The zero-order valence-corrected chi connectivity index (χ0v) is 12.6. The highest BCUT2D eigenvalue weighted by molar-refractivity contribution is 5.40. The highest BCUT2D eigenvalue weighted by Crippen LogP contribution is 2.24. The fraction of sp³-hybridized carbons (Fsp3) is 0.375. The molecule has 21 heavy (non-hydrogen) atoms. The van der Waals surface area contributed by atoms with E-state index in [0.29, 0.717) is 17.5 Å². The molecular formula is C16H20FN3O. The topological polar surface area (TPSA) is 47.0 Å². The van der Waals surface area contributed by atoms with E-state index in [0.717, 1.165) is 18.8 Å². The average molecular weight is 289 g/mol. The van der Waals surface area contributed by atoms with Gasteiger partial charge in [-0.1, -0.05) is 20.8 Å². The largest absolute Gasteiger partial charge is 0.439 e. The predicted octanol–water partition coefficient (Wildman–Crippen LogP) is 4.35. The van der Waals surface area contributed by atoms with Crippen molar-refractivity contribution in [1.29, 1.82) is 0 Å². The molecule has 5 heteroatoms. The first-order valence-electron chi connectivity index (χ1n) is 7.14. The quantitative estimate of drug-likeness (QED) is 0.858. The second-order valence-corrected chi connectivity index (χ2v) is 5.09. The summed E-state index contributed by atoms with van der Waals surface area (Å²) in [4.78, 5) is 8.86. The molecule has 2 aromatic rings. The lowest BCUT2D eigenvalue weighted by Gasteiger charge is -2.12. The third-order valence-electron chi connectivity index (χ3n) is 2.83. The summed E-state index contributed by atoms with van der Waals surface area (Å²) in [7, 11) is 0. The highest BCUT2D eigenvalue weighted by Gasteiger charge is 2.09. The molecule has 0 saturated carbocycles. The van der Waals surface area contributed by atoms with Crippen molar-refractivity contribution in [3.05, 3.63) is 42.0 Å². The van der Waals surface area contributed by atoms with Crippen LogP contribution in [0.4, 0.5) is 10.2 Å². The number of nitrogens with one attached hydrogen (secondary N) is 1. The van der Waals surface area contributed by atoms with E-state index in [1.54, 1.807) is 18.2 Å². The third-order valence-corrected chi connectivity index (χ3v) is 2.83. The number of rotatable bonds is 6. The third kappa shape index (κ3) is 4.41. The fourth-order valence-corrected chi connectivity index (χ4v) is 1.72. The van der Waals surface area contributed by atoms with Crippen LogP contribution in [0.25, 0.3) is 0 Å². The minimum atomic E-state index is -0.293. The van der Waals surface area contributed by atoms with E-state index >= 15 is 0 Å². The molecule has 0 aliphatic carbocycles. The molecule has 2 rings (SSSR count). The summed E-state index contributed by atoms with van der Waals surface area (Å²) in [6.07, 6.45) is 1.01. The molecule has 0 bridgehead atoms. The van der Waals surface area contributed by atoms with Crippen LogP contribution in [0.5, 0.6) is 11.6 Å². The lowest BCUT2D eigenvalue weighted by molar-refractivity contribution is 0.455. The number of aromatic nitrogens is 2. The van der Waals surface area contributed by atoms with Crippen LogP contribution in [0.2, 0.25) is 0 Å². The first kappa shape index (κ1) is 15.2. The van der Waals surface area contributed by atoms with E-state index in [9.17, 15) is 4.39 Å². The van der Waals surface area contributed by atoms with Crippen LogP contribution in [-0.4, -0.2) is 16.5 Å². The molecule has 1 aromatic carbocycles. The molecule has 1 aromatic heterocycles. The van der Waals surface area contributed by atoms with Gasteiger partial charge in [0, 0.05) is 18.5 Å². The number of hydrogen-bond acceptors (Lipinski definition) is 4. The van der Waals surface area contributed by atoms with Crippen molar-refractivity contribution in [3.8, 4) is 11.6 Å². The number of benzene rings is 1. The Morgan fingerprint density at radius 2 is 1.90 bits per heavy atom. The van der Waals surface area contributed by atoms with Crippen molar-refractivity contribution in [2.24, 2.45) is 0 Å².